The molecule has 0 atom stereocenters. The van der Waals surface area contributed by atoms with Crippen molar-refractivity contribution in [2.45, 2.75) is 5.41 Å². The molecule has 2 aromatic heterocycles. The summed E-state index contributed by atoms with van der Waals surface area (Å²) in [4.78, 5) is 15.2. The molecule has 3 heterocycles. The van der Waals surface area contributed by atoms with Crippen molar-refractivity contribution >= 4 is 21.8 Å². The normalized spacial score (nSPS) is 13.2. The summed E-state index contributed by atoms with van der Waals surface area (Å²) in [5, 5.41) is 2.47. The van der Waals surface area contributed by atoms with Crippen LogP contribution in [0.5, 0.6) is 11.5 Å². The third kappa shape index (κ3) is 4.60. The van der Waals surface area contributed by atoms with Gasteiger partial charge >= 0.3 is 0 Å². The number of fused-ring (bicyclic) bond motifs is 12. The lowest BCUT2D eigenvalue weighted by atomic mass is 9.66. The van der Waals surface area contributed by atoms with Crippen molar-refractivity contribution in [1.29, 1.82) is 0 Å². The molecule has 12 rings (SSSR count). The molecule has 0 N–H and O–H groups in total. The zero-order chi connectivity index (χ0) is 37.5. The number of rotatable bonds is 4. The maximum Gasteiger partial charge on any atom is 0.164 e. The highest BCUT2D eigenvalue weighted by atomic mass is 16.5. The van der Waals surface area contributed by atoms with E-state index in [1.165, 1.54) is 38.5 Å². The number of ether oxygens (including phenoxy) is 1. The van der Waals surface area contributed by atoms with Crippen molar-refractivity contribution in [1.82, 2.24) is 19.5 Å². The molecule has 1 aliphatic heterocycles. The summed E-state index contributed by atoms with van der Waals surface area (Å²) in [6, 6.07) is 68.4. The minimum absolute atomic E-state index is 0.627. The van der Waals surface area contributed by atoms with E-state index in [9.17, 15) is 0 Å². The summed E-state index contributed by atoms with van der Waals surface area (Å²) >= 11 is 0. The molecule has 0 saturated carbocycles. The summed E-state index contributed by atoms with van der Waals surface area (Å²) in [5.74, 6) is 3.63. The van der Waals surface area contributed by atoms with Gasteiger partial charge in [0.25, 0.3) is 0 Å². The van der Waals surface area contributed by atoms with Crippen LogP contribution in [0.3, 0.4) is 0 Å². The largest absolute Gasteiger partial charge is 0.457 e. The fourth-order valence-electron chi connectivity index (χ4n) is 9.31. The first-order valence-corrected chi connectivity index (χ1v) is 19.3. The molecule has 0 radical (unpaired) electrons. The average molecular weight is 729 g/mol. The van der Waals surface area contributed by atoms with Gasteiger partial charge < -0.3 is 9.30 Å². The summed E-state index contributed by atoms with van der Waals surface area (Å²) in [6.07, 6.45) is 0. The molecule has 2 aliphatic rings. The molecule has 5 heteroatoms. The molecule has 0 saturated heterocycles. The van der Waals surface area contributed by atoms with Crippen molar-refractivity contribution in [3.8, 4) is 62.5 Å². The lowest BCUT2D eigenvalue weighted by Crippen LogP contribution is -2.32. The lowest BCUT2D eigenvalue weighted by Gasteiger charge is -2.39. The van der Waals surface area contributed by atoms with E-state index in [1.807, 2.05) is 60.7 Å². The highest BCUT2D eigenvalue weighted by Crippen LogP contribution is 2.62. The van der Waals surface area contributed by atoms with Gasteiger partial charge in [0, 0.05) is 44.3 Å². The Hall–Kier alpha value is -7.63. The number of hydrogen-bond donors (Lipinski definition) is 0. The van der Waals surface area contributed by atoms with Crippen LogP contribution in [0.25, 0.3) is 72.8 Å². The molecule has 0 bridgehead atoms. The predicted molar refractivity (Wildman–Crippen MR) is 228 cm³/mol. The quantitative estimate of drug-likeness (QED) is 0.181. The zero-order valence-corrected chi connectivity index (χ0v) is 30.7. The topological polar surface area (TPSA) is 52.8 Å². The molecule has 0 fully saturated rings. The van der Waals surface area contributed by atoms with Crippen LogP contribution in [-0.2, 0) is 5.41 Å². The summed E-state index contributed by atoms with van der Waals surface area (Å²) < 4.78 is 9.09. The van der Waals surface area contributed by atoms with Gasteiger partial charge in [0.1, 0.15) is 11.5 Å². The van der Waals surface area contributed by atoms with E-state index in [0.29, 0.717) is 17.5 Å². The number of hydrogen-bond acceptors (Lipinski definition) is 4. The van der Waals surface area contributed by atoms with Gasteiger partial charge in [-0.1, -0.05) is 152 Å². The van der Waals surface area contributed by atoms with Gasteiger partial charge in [-0.2, -0.15) is 0 Å². The number of benzene rings is 8. The maximum absolute atomic E-state index is 6.68. The van der Waals surface area contributed by atoms with Gasteiger partial charge in [0.2, 0.25) is 0 Å². The smallest absolute Gasteiger partial charge is 0.164 e. The Kier molecular flexibility index (Phi) is 6.78. The fourth-order valence-corrected chi connectivity index (χ4v) is 9.31. The van der Waals surface area contributed by atoms with Crippen LogP contribution >= 0.6 is 0 Å². The molecule has 8 aromatic carbocycles. The molecule has 0 amide bonds. The van der Waals surface area contributed by atoms with E-state index >= 15 is 0 Å². The van der Waals surface area contributed by atoms with E-state index in [-0.39, 0.29) is 0 Å². The Bertz CT molecular complexity index is 3070. The van der Waals surface area contributed by atoms with Crippen LogP contribution in [0.2, 0.25) is 0 Å². The van der Waals surface area contributed by atoms with E-state index in [0.717, 1.165) is 50.6 Å². The Morgan fingerprint density at radius 2 is 0.877 bits per heavy atom. The molecular formula is C52H32N4O. The Labute approximate surface area is 329 Å². The third-order valence-corrected chi connectivity index (χ3v) is 11.7. The summed E-state index contributed by atoms with van der Waals surface area (Å²) in [7, 11) is 0. The zero-order valence-electron chi connectivity index (χ0n) is 30.7. The lowest BCUT2D eigenvalue weighted by molar-refractivity contribution is 0.436. The molecule has 1 spiro atoms. The number of nitrogens with zero attached hydrogens (tertiary/aromatic N) is 4. The summed E-state index contributed by atoms with van der Waals surface area (Å²) in [6.45, 7) is 0. The van der Waals surface area contributed by atoms with Crippen molar-refractivity contribution in [3.05, 3.63) is 216 Å². The molecule has 1 aliphatic carbocycles. The molecular weight excluding hydrogens is 697 g/mol. The molecule has 0 unspecified atom stereocenters. The minimum atomic E-state index is -0.646. The second kappa shape index (κ2) is 12.2. The van der Waals surface area contributed by atoms with E-state index < -0.39 is 5.41 Å². The van der Waals surface area contributed by atoms with E-state index in [1.54, 1.807) is 0 Å². The third-order valence-electron chi connectivity index (χ3n) is 11.7. The average Bonchev–Trinajstić information content (AvgIpc) is 3.77. The predicted octanol–water partition coefficient (Wildman–Crippen LogP) is 12.4. The van der Waals surface area contributed by atoms with E-state index in [2.05, 4.69) is 138 Å². The highest BCUT2D eigenvalue weighted by molar-refractivity contribution is 6.09. The highest BCUT2D eigenvalue weighted by Gasteiger charge is 2.51. The molecule has 5 nitrogen and oxygen atoms in total. The monoisotopic (exact) mass is 728 g/mol. The number of aromatic nitrogens is 4. The van der Waals surface area contributed by atoms with Gasteiger partial charge in [0.05, 0.1) is 16.4 Å². The van der Waals surface area contributed by atoms with Crippen LogP contribution in [0.1, 0.15) is 22.3 Å². The molecule has 10 aromatic rings. The van der Waals surface area contributed by atoms with Gasteiger partial charge in [-0.05, 0) is 64.7 Å². The van der Waals surface area contributed by atoms with Gasteiger partial charge in [0.15, 0.2) is 17.5 Å². The molecule has 57 heavy (non-hydrogen) atoms. The van der Waals surface area contributed by atoms with E-state index in [4.69, 9.17) is 19.7 Å². The Morgan fingerprint density at radius 3 is 1.47 bits per heavy atom. The first-order chi connectivity index (χ1) is 28.3. The fraction of sp³-hybridized carbons (Fsp3) is 0.0192. The first kappa shape index (κ1) is 31.7. The summed E-state index contributed by atoms with van der Waals surface area (Å²) in [5.41, 5.74) is 12.6. The second-order valence-electron chi connectivity index (χ2n) is 14.7. The second-order valence-corrected chi connectivity index (χ2v) is 14.7. The van der Waals surface area contributed by atoms with Gasteiger partial charge in [-0.25, -0.2) is 15.0 Å². The SMILES string of the molecule is c1ccc(-c2nc(-c3ccccc3)nc(-c3ccc4c(c3)-c3ccc(-n5c6ccccc6c6ccccc65)cc3C43c4ccccc4Oc4ccccc43)n2)cc1. The van der Waals surface area contributed by atoms with Gasteiger partial charge in [-0.3, -0.25) is 0 Å². The number of para-hydroxylation sites is 4. The van der Waals surface area contributed by atoms with Crippen molar-refractivity contribution in [3.63, 3.8) is 0 Å². The van der Waals surface area contributed by atoms with Crippen molar-refractivity contribution < 1.29 is 4.74 Å². The van der Waals surface area contributed by atoms with Crippen LogP contribution in [-0.4, -0.2) is 19.5 Å². The Morgan fingerprint density at radius 1 is 0.368 bits per heavy atom. The minimum Gasteiger partial charge on any atom is -0.457 e. The maximum atomic E-state index is 6.68. The standard InChI is InChI=1S/C52H32N4O/c1-3-15-33(16-4-1)49-53-50(34-17-5-2-6-18-34)55-51(54-49)35-27-30-41-40(31-35)37-29-28-36(56-45-23-11-7-19-38(45)39-20-8-12-24-46(39)56)32-44(37)52(41)42-21-9-13-25-47(42)57-48-26-14-10-22-43(48)52/h1-32H. The molecule has 266 valence electrons. The van der Waals surface area contributed by atoms with Crippen molar-refractivity contribution in [2.24, 2.45) is 0 Å². The van der Waals surface area contributed by atoms with Crippen molar-refractivity contribution in [2.75, 3.05) is 0 Å². The van der Waals surface area contributed by atoms with Crippen LogP contribution < -0.4 is 4.74 Å². The van der Waals surface area contributed by atoms with Crippen LogP contribution in [0.4, 0.5) is 0 Å². The van der Waals surface area contributed by atoms with Crippen LogP contribution in [0.15, 0.2) is 194 Å². The Balaban J connectivity index is 1.14. The van der Waals surface area contributed by atoms with Gasteiger partial charge in [-0.15, -0.1) is 0 Å². The van der Waals surface area contributed by atoms with Crippen LogP contribution in [0, 0.1) is 0 Å². The first-order valence-electron chi connectivity index (χ1n) is 19.3.